The van der Waals surface area contributed by atoms with Crippen molar-refractivity contribution >= 4 is 22.5 Å². The second kappa shape index (κ2) is 12.0. The van der Waals surface area contributed by atoms with Crippen LogP contribution in [0.1, 0.15) is 51.0 Å². The van der Waals surface area contributed by atoms with E-state index in [1.54, 1.807) is 0 Å². The number of para-hydroxylation sites is 1. The third-order valence-electron chi connectivity index (χ3n) is 9.61. The molecule has 5 heterocycles. The maximum Gasteiger partial charge on any atom is 0.131 e. The van der Waals surface area contributed by atoms with Gasteiger partial charge in [-0.05, 0) is 93.5 Å². The van der Waals surface area contributed by atoms with Crippen molar-refractivity contribution in [2.24, 2.45) is 0 Å². The topological polar surface area (TPSA) is 33.5 Å². The summed E-state index contributed by atoms with van der Waals surface area (Å²) in [5, 5.41) is 2.23. The van der Waals surface area contributed by atoms with Crippen LogP contribution in [0.3, 0.4) is 0 Å². The summed E-state index contributed by atoms with van der Waals surface area (Å²) >= 11 is 6.20. The molecule has 226 valence electrons. The average Bonchev–Trinajstić information content (AvgIpc) is 3.51. The number of pyridine rings is 1. The van der Waals surface area contributed by atoms with Gasteiger partial charge < -0.3 is 19.1 Å². The van der Waals surface area contributed by atoms with Crippen LogP contribution < -0.4 is 4.74 Å². The van der Waals surface area contributed by atoms with Crippen LogP contribution >= 0.6 is 11.6 Å². The van der Waals surface area contributed by atoms with Crippen LogP contribution in [0.5, 0.6) is 11.5 Å². The number of likely N-dealkylation sites (N-methyl/N-ethyl adjacent to an activating group) is 2. The molecule has 0 amide bonds. The first-order valence-electron chi connectivity index (χ1n) is 15.8. The highest BCUT2D eigenvalue weighted by molar-refractivity contribution is 6.30. The van der Waals surface area contributed by atoms with Gasteiger partial charge in [0.15, 0.2) is 0 Å². The predicted octanol–water partition coefficient (Wildman–Crippen LogP) is 8.14. The van der Waals surface area contributed by atoms with Crippen molar-refractivity contribution in [2.45, 2.75) is 51.6 Å². The van der Waals surface area contributed by atoms with Crippen LogP contribution in [0.4, 0.5) is 0 Å². The van der Waals surface area contributed by atoms with Crippen molar-refractivity contribution in [3.63, 3.8) is 0 Å². The number of benzene rings is 3. The van der Waals surface area contributed by atoms with Crippen molar-refractivity contribution in [2.75, 3.05) is 33.7 Å². The highest BCUT2D eigenvalue weighted by Crippen LogP contribution is 2.49. The van der Waals surface area contributed by atoms with Gasteiger partial charge in [-0.15, -0.1) is 0 Å². The van der Waals surface area contributed by atoms with E-state index in [0.29, 0.717) is 11.8 Å². The number of nitrogens with zero attached hydrogens (tertiary/aromatic N) is 4. The monoisotopic (exact) mass is 604 g/mol. The van der Waals surface area contributed by atoms with Gasteiger partial charge >= 0.3 is 0 Å². The second-order valence-corrected chi connectivity index (χ2v) is 13.3. The zero-order valence-electron chi connectivity index (χ0n) is 26.2. The number of hydrogen-bond acceptors (Lipinski definition) is 4. The second-order valence-electron chi connectivity index (χ2n) is 12.9. The number of ether oxygens (including phenoxy) is 1. The van der Waals surface area contributed by atoms with Gasteiger partial charge in [0.1, 0.15) is 11.5 Å². The fourth-order valence-electron chi connectivity index (χ4n) is 7.37. The summed E-state index contributed by atoms with van der Waals surface area (Å²) in [7, 11) is 4.40. The molecule has 0 N–H and O–H groups in total. The zero-order valence-corrected chi connectivity index (χ0v) is 26.9. The van der Waals surface area contributed by atoms with E-state index in [1.165, 1.54) is 44.4 Å². The molecule has 5 nitrogen and oxygen atoms in total. The van der Waals surface area contributed by atoms with Crippen LogP contribution in [-0.2, 0) is 25.9 Å². The summed E-state index contributed by atoms with van der Waals surface area (Å²) < 4.78 is 8.70. The molecule has 2 atom stereocenters. The number of aryl methyl sites for hydroxylation is 4. The molecule has 0 spiro atoms. The maximum atomic E-state index is 6.20. The van der Waals surface area contributed by atoms with Crippen molar-refractivity contribution < 1.29 is 4.74 Å². The molecule has 0 radical (unpaired) electrons. The molecule has 3 aliphatic rings. The normalized spacial score (nSPS) is 19.2. The Bertz CT molecular complexity index is 1810. The first-order valence-corrected chi connectivity index (χ1v) is 16.2. The Labute approximate surface area is 266 Å². The first-order chi connectivity index (χ1) is 21.3. The molecule has 0 unspecified atom stereocenters. The van der Waals surface area contributed by atoms with Gasteiger partial charge in [-0.3, -0.25) is 4.98 Å². The van der Waals surface area contributed by atoms with E-state index < -0.39 is 0 Å². The minimum atomic E-state index is 0.456. The van der Waals surface area contributed by atoms with E-state index in [1.807, 2.05) is 31.3 Å². The molecule has 8 rings (SSSR count). The molecular formula is C38H41ClN4O. The smallest absolute Gasteiger partial charge is 0.131 e. The number of halogens is 1. The Kier molecular flexibility index (Phi) is 7.96. The molecule has 0 saturated carbocycles. The van der Waals surface area contributed by atoms with E-state index in [0.717, 1.165) is 67.8 Å². The van der Waals surface area contributed by atoms with Crippen molar-refractivity contribution in [3.8, 4) is 11.5 Å². The SMILES string of the molecule is CN1C[C@@H]2c3ccccc3Oc3ccc(Cl)cc3[C@H]2C1.Cc1ccc2c(c1)c1c(n2CCc2ccc(C)nc2)CCN(C)C1. The molecule has 1 fully saturated rings. The third kappa shape index (κ3) is 5.65. The molecule has 0 bridgehead atoms. The van der Waals surface area contributed by atoms with Gasteiger partial charge in [0.2, 0.25) is 0 Å². The van der Waals surface area contributed by atoms with Crippen LogP contribution in [0.15, 0.2) is 79.0 Å². The molecule has 1 saturated heterocycles. The highest BCUT2D eigenvalue weighted by atomic mass is 35.5. The lowest BCUT2D eigenvalue weighted by Gasteiger charge is -2.24. The predicted molar refractivity (Wildman–Crippen MR) is 180 cm³/mol. The zero-order chi connectivity index (χ0) is 30.4. The molecule has 3 aromatic carbocycles. The Hall–Kier alpha value is -3.64. The molecule has 0 aliphatic carbocycles. The largest absolute Gasteiger partial charge is 0.457 e. The molecule has 5 aromatic rings. The minimum Gasteiger partial charge on any atom is -0.457 e. The summed E-state index contributed by atoms with van der Waals surface area (Å²) in [4.78, 5) is 9.25. The van der Waals surface area contributed by atoms with Crippen LogP contribution in [0, 0.1) is 13.8 Å². The number of hydrogen-bond donors (Lipinski definition) is 0. The van der Waals surface area contributed by atoms with Crippen molar-refractivity contribution in [1.82, 2.24) is 19.4 Å². The molecule has 3 aliphatic heterocycles. The van der Waals surface area contributed by atoms with Gasteiger partial charge in [-0.1, -0.05) is 47.5 Å². The third-order valence-corrected chi connectivity index (χ3v) is 9.84. The number of rotatable bonds is 3. The molecule has 44 heavy (non-hydrogen) atoms. The van der Waals surface area contributed by atoms with Crippen LogP contribution in [0.2, 0.25) is 5.02 Å². The van der Waals surface area contributed by atoms with Crippen LogP contribution in [-0.4, -0.2) is 53.1 Å². The fraction of sp³-hybridized carbons (Fsp3) is 0.342. The minimum absolute atomic E-state index is 0.456. The average molecular weight is 605 g/mol. The summed E-state index contributed by atoms with van der Waals surface area (Å²) in [6.07, 6.45) is 4.20. The van der Waals surface area contributed by atoms with Gasteiger partial charge in [0.25, 0.3) is 0 Å². The van der Waals surface area contributed by atoms with E-state index in [4.69, 9.17) is 16.3 Å². The summed E-state index contributed by atoms with van der Waals surface area (Å²) in [6.45, 7) is 9.59. The molecule has 2 aromatic heterocycles. The van der Waals surface area contributed by atoms with E-state index in [2.05, 4.69) is 95.0 Å². The highest BCUT2D eigenvalue weighted by Gasteiger charge is 2.38. The van der Waals surface area contributed by atoms with Gasteiger partial charge in [0, 0.05) is 90.1 Å². The quantitative estimate of drug-likeness (QED) is 0.208. The van der Waals surface area contributed by atoms with Crippen molar-refractivity contribution in [1.29, 1.82) is 0 Å². The lowest BCUT2D eigenvalue weighted by atomic mass is 9.84. The summed E-state index contributed by atoms with van der Waals surface area (Å²) in [6, 6.07) is 25.6. The Morgan fingerprint density at radius 1 is 0.864 bits per heavy atom. The standard InChI is InChI=1S/C21H25N3.C17H16ClNO/c1-15-4-7-20-18(12-15)19-14-23(3)10-9-21(19)24(20)11-8-17-6-5-16(2)22-13-17;1-19-9-14-12-4-2-3-5-16(12)20-17-7-6-11(18)8-13(17)15(14)10-19/h4-7,12-13H,8-11,14H2,1-3H3;2-8,14-15H,9-10H2,1H3/t;14-,15-/m.1/s1. The van der Waals surface area contributed by atoms with Gasteiger partial charge in [-0.2, -0.15) is 0 Å². The van der Waals surface area contributed by atoms with Gasteiger partial charge in [0.05, 0.1) is 0 Å². The van der Waals surface area contributed by atoms with E-state index >= 15 is 0 Å². The number of aromatic nitrogens is 2. The van der Waals surface area contributed by atoms with Crippen molar-refractivity contribution in [3.05, 3.63) is 123 Å². The first kappa shape index (κ1) is 29.1. The summed E-state index contributed by atoms with van der Waals surface area (Å²) in [5.41, 5.74) is 10.8. The van der Waals surface area contributed by atoms with E-state index in [9.17, 15) is 0 Å². The number of fused-ring (bicyclic) bond motifs is 8. The van der Waals surface area contributed by atoms with Gasteiger partial charge in [-0.25, -0.2) is 0 Å². The Balaban J connectivity index is 0.000000144. The van der Waals surface area contributed by atoms with Crippen LogP contribution in [0.25, 0.3) is 10.9 Å². The summed E-state index contributed by atoms with van der Waals surface area (Å²) in [5.74, 6) is 2.87. The molecule has 6 heteroatoms. The lowest BCUT2D eigenvalue weighted by Crippen LogP contribution is -2.27. The Morgan fingerprint density at radius 3 is 2.48 bits per heavy atom. The fourth-order valence-corrected chi connectivity index (χ4v) is 7.55. The van der Waals surface area contributed by atoms with E-state index in [-0.39, 0.29) is 0 Å². The maximum absolute atomic E-state index is 6.20. The Morgan fingerprint density at radius 2 is 1.66 bits per heavy atom. The number of likely N-dealkylation sites (tertiary alicyclic amines) is 1. The lowest BCUT2D eigenvalue weighted by molar-refractivity contribution is 0.309. The molecular weight excluding hydrogens is 564 g/mol.